The van der Waals surface area contributed by atoms with Gasteiger partial charge in [-0.05, 0) is 47.5 Å². The van der Waals surface area contributed by atoms with Crippen LogP contribution in [0, 0.1) is 5.82 Å². The molecule has 0 radical (unpaired) electrons. The van der Waals surface area contributed by atoms with E-state index in [1.54, 1.807) is 18.3 Å². The third kappa shape index (κ3) is 5.37. The van der Waals surface area contributed by atoms with E-state index in [4.69, 9.17) is 14.6 Å². The minimum Gasteiger partial charge on any atom is -0.490 e. The lowest BCUT2D eigenvalue weighted by atomic mass is 9.78. The Hall–Kier alpha value is -4.47. The van der Waals surface area contributed by atoms with Gasteiger partial charge in [-0.1, -0.05) is 43.3 Å². The van der Waals surface area contributed by atoms with Gasteiger partial charge in [0.2, 0.25) is 0 Å². The molecule has 37 heavy (non-hydrogen) atoms. The summed E-state index contributed by atoms with van der Waals surface area (Å²) in [6, 6.07) is 18.1. The molecule has 0 bridgehead atoms. The van der Waals surface area contributed by atoms with Crippen LogP contribution in [0.1, 0.15) is 37.8 Å². The number of carbonyl (C=O) groups is 1. The lowest BCUT2D eigenvalue weighted by molar-refractivity contribution is 0.0833. The van der Waals surface area contributed by atoms with Crippen LogP contribution in [0.4, 0.5) is 9.18 Å². The summed E-state index contributed by atoms with van der Waals surface area (Å²) in [6.45, 7) is 4.24. The summed E-state index contributed by atoms with van der Waals surface area (Å²) in [5.41, 5.74) is 1.85. The monoisotopic (exact) mass is 503 g/mol. The third-order valence-electron chi connectivity index (χ3n) is 6.55. The van der Waals surface area contributed by atoms with Gasteiger partial charge in [-0.15, -0.1) is 5.10 Å². The van der Waals surface area contributed by atoms with Gasteiger partial charge in [-0.25, -0.2) is 13.9 Å². The molecule has 0 saturated heterocycles. The molecule has 2 N–H and O–H groups in total. The van der Waals surface area contributed by atoms with E-state index >= 15 is 0 Å². The number of pyridine rings is 1. The largest absolute Gasteiger partial charge is 0.490 e. The zero-order chi connectivity index (χ0) is 26.0. The molecule has 9 nitrogen and oxygen atoms in total. The highest BCUT2D eigenvalue weighted by Crippen LogP contribution is 2.35. The first kappa shape index (κ1) is 24.2. The molecule has 10 heteroatoms. The maximum absolute atomic E-state index is 14.3. The molecule has 0 spiro atoms. The Morgan fingerprint density at radius 1 is 1.03 bits per heavy atom. The van der Waals surface area contributed by atoms with Gasteiger partial charge >= 0.3 is 6.09 Å². The molecule has 0 aliphatic heterocycles. The van der Waals surface area contributed by atoms with Gasteiger partial charge in [0.1, 0.15) is 17.6 Å². The molecule has 5 rings (SSSR count). The topological polar surface area (TPSA) is 111 Å². The molecule has 4 aromatic rings. The van der Waals surface area contributed by atoms with E-state index in [0.29, 0.717) is 24.4 Å². The highest BCUT2D eigenvalue weighted by Gasteiger charge is 2.32. The van der Waals surface area contributed by atoms with Gasteiger partial charge in [0, 0.05) is 24.3 Å². The van der Waals surface area contributed by atoms with Gasteiger partial charge < -0.3 is 19.9 Å². The van der Waals surface area contributed by atoms with Gasteiger partial charge in [0.25, 0.3) is 5.88 Å². The summed E-state index contributed by atoms with van der Waals surface area (Å²) in [6.07, 6.45) is 3.46. The predicted molar refractivity (Wildman–Crippen MR) is 133 cm³/mol. The fraction of sp³-hybridized carbons (Fsp3) is 0.259. The molecule has 2 heterocycles. The first-order valence-electron chi connectivity index (χ1n) is 11.9. The highest BCUT2D eigenvalue weighted by molar-refractivity contribution is 5.65. The lowest BCUT2D eigenvalue weighted by Crippen LogP contribution is -2.48. The highest BCUT2D eigenvalue weighted by atomic mass is 19.1. The number of ether oxygens (including phenoxy) is 2. The van der Waals surface area contributed by atoms with E-state index in [1.807, 2.05) is 36.4 Å². The van der Waals surface area contributed by atoms with Crippen LogP contribution in [0.25, 0.3) is 5.82 Å². The van der Waals surface area contributed by atoms with Crippen molar-refractivity contribution in [1.82, 2.24) is 25.3 Å². The van der Waals surface area contributed by atoms with E-state index in [1.165, 1.54) is 23.0 Å². The molecule has 1 amide bonds. The number of carboxylic acid groups (broad SMARTS) is 1. The average molecular weight is 504 g/mol. The molecule has 1 aliphatic carbocycles. The molecule has 190 valence electrons. The van der Waals surface area contributed by atoms with Gasteiger partial charge in [-0.2, -0.15) is 4.98 Å². The Morgan fingerprint density at radius 2 is 1.68 bits per heavy atom. The van der Waals surface area contributed by atoms with Gasteiger partial charge in [0.05, 0.1) is 12.4 Å². The van der Waals surface area contributed by atoms with Crippen LogP contribution in [-0.2, 0) is 5.41 Å². The molecule has 1 fully saturated rings. The van der Waals surface area contributed by atoms with Crippen molar-refractivity contribution in [2.24, 2.45) is 0 Å². The van der Waals surface area contributed by atoms with Crippen molar-refractivity contribution in [2.45, 2.75) is 44.2 Å². The van der Waals surface area contributed by atoms with Crippen LogP contribution in [0.3, 0.4) is 0 Å². The van der Waals surface area contributed by atoms with Crippen LogP contribution in [0.15, 0.2) is 73.1 Å². The average Bonchev–Trinajstić information content (AvgIpc) is 3.40. The van der Waals surface area contributed by atoms with Crippen molar-refractivity contribution in [3.05, 3.63) is 90.0 Å². The van der Waals surface area contributed by atoms with Crippen molar-refractivity contribution < 1.29 is 23.8 Å². The zero-order valence-electron chi connectivity index (χ0n) is 20.3. The van der Waals surface area contributed by atoms with E-state index in [2.05, 4.69) is 34.5 Å². The van der Waals surface area contributed by atoms with E-state index in [9.17, 15) is 9.18 Å². The molecule has 1 aliphatic rings. The zero-order valence-corrected chi connectivity index (χ0v) is 20.3. The second-order valence-electron chi connectivity index (χ2n) is 9.44. The first-order chi connectivity index (χ1) is 17.8. The van der Waals surface area contributed by atoms with Crippen molar-refractivity contribution in [3.8, 4) is 23.2 Å². The molecule has 0 unspecified atom stereocenters. The number of nitrogens with zero attached hydrogens (tertiary/aromatic N) is 4. The standard InChI is InChI=1S/C27H26FN5O4/c1-27(2,17-3-7-20(8-4-17)36-22-15-19(16-22)30-26(34)35)18-5-9-21(10-6-18)37-25-23(28)11-12-24(31-25)33-14-13-29-32-33/h3-14,19,22,30H,15-16H2,1-2H3,(H,34,35)/t19-,22-. The van der Waals surface area contributed by atoms with Crippen LogP contribution >= 0.6 is 0 Å². The second-order valence-corrected chi connectivity index (χ2v) is 9.44. The fourth-order valence-corrected chi connectivity index (χ4v) is 4.26. The number of hydrogen-bond donors (Lipinski definition) is 2. The van der Waals surface area contributed by atoms with Crippen molar-refractivity contribution >= 4 is 6.09 Å². The molecule has 1 saturated carbocycles. The number of nitrogens with one attached hydrogen (secondary N) is 1. The van der Waals surface area contributed by atoms with Crippen LogP contribution in [0.2, 0.25) is 0 Å². The summed E-state index contributed by atoms with van der Waals surface area (Å²) < 4.78 is 27.4. The van der Waals surface area contributed by atoms with Crippen LogP contribution in [0.5, 0.6) is 17.4 Å². The Morgan fingerprint density at radius 3 is 2.27 bits per heavy atom. The van der Waals surface area contributed by atoms with E-state index in [-0.39, 0.29) is 23.4 Å². The maximum Gasteiger partial charge on any atom is 0.404 e. The minimum atomic E-state index is -1.00. The minimum absolute atomic E-state index is 0.0134. The summed E-state index contributed by atoms with van der Waals surface area (Å²) in [4.78, 5) is 14.9. The normalized spacial score (nSPS) is 17.1. The lowest BCUT2D eigenvalue weighted by Gasteiger charge is -2.35. The predicted octanol–water partition coefficient (Wildman–Crippen LogP) is 5.10. The number of halogens is 1. The number of hydrogen-bond acceptors (Lipinski definition) is 6. The van der Waals surface area contributed by atoms with E-state index < -0.39 is 11.9 Å². The molecule has 0 atom stereocenters. The van der Waals surface area contributed by atoms with Crippen molar-refractivity contribution in [3.63, 3.8) is 0 Å². The number of benzene rings is 2. The van der Waals surface area contributed by atoms with E-state index in [0.717, 1.165) is 16.9 Å². The maximum atomic E-state index is 14.3. The molecule has 2 aromatic heterocycles. The summed E-state index contributed by atoms with van der Waals surface area (Å²) >= 11 is 0. The summed E-state index contributed by atoms with van der Waals surface area (Å²) in [5.74, 6) is 0.887. The third-order valence-corrected chi connectivity index (χ3v) is 6.55. The van der Waals surface area contributed by atoms with Crippen LogP contribution < -0.4 is 14.8 Å². The van der Waals surface area contributed by atoms with Crippen molar-refractivity contribution in [1.29, 1.82) is 0 Å². The van der Waals surface area contributed by atoms with Gasteiger partial charge in [0.15, 0.2) is 11.6 Å². The van der Waals surface area contributed by atoms with Crippen LogP contribution in [-0.4, -0.2) is 43.3 Å². The number of amides is 1. The quantitative estimate of drug-likeness (QED) is 0.344. The Bertz CT molecular complexity index is 1370. The summed E-state index contributed by atoms with van der Waals surface area (Å²) in [5, 5.41) is 18.9. The SMILES string of the molecule is CC(C)(c1ccc(Oc2nc(-n3ccnn3)ccc2F)cc1)c1ccc(O[C@H]2C[C@H](NC(=O)O)C2)cc1. The summed E-state index contributed by atoms with van der Waals surface area (Å²) in [7, 11) is 0. The first-order valence-corrected chi connectivity index (χ1v) is 11.9. The van der Waals surface area contributed by atoms with Gasteiger partial charge in [-0.3, -0.25) is 0 Å². The number of aromatic nitrogens is 4. The fourth-order valence-electron chi connectivity index (χ4n) is 4.26. The Balaban J connectivity index is 1.23. The Labute approximate surface area is 212 Å². The Kier molecular flexibility index (Phi) is 6.47. The molecule has 2 aromatic carbocycles. The molecular weight excluding hydrogens is 477 g/mol. The van der Waals surface area contributed by atoms with Crippen molar-refractivity contribution in [2.75, 3.05) is 0 Å². The number of rotatable bonds is 8. The smallest absolute Gasteiger partial charge is 0.404 e. The molecular formula is C27H26FN5O4. The second kappa shape index (κ2) is 9.88.